The molecular weight excluding hydrogens is 436 g/mol. The number of benzene rings is 1. The van der Waals surface area contributed by atoms with Gasteiger partial charge in [-0.05, 0) is 23.5 Å². The van der Waals surface area contributed by atoms with Crippen molar-refractivity contribution in [1.82, 2.24) is 10.6 Å². The fraction of sp³-hybridized carbons (Fsp3) is 0.231. The van der Waals surface area contributed by atoms with Gasteiger partial charge >= 0.3 is 0 Å². The molecule has 0 unspecified atom stereocenters. The molecule has 0 fully saturated rings. The van der Waals surface area contributed by atoms with Crippen molar-refractivity contribution in [2.75, 3.05) is 19.8 Å². The molecule has 1 aromatic heterocycles. The van der Waals surface area contributed by atoms with Crippen LogP contribution in [0.25, 0.3) is 15.8 Å². The van der Waals surface area contributed by atoms with Gasteiger partial charge in [0.25, 0.3) is 0 Å². The van der Waals surface area contributed by atoms with E-state index in [-0.39, 0.29) is 0 Å². The molecule has 168 valence electrons. The minimum Gasteiger partial charge on any atom is -0.387 e. The van der Waals surface area contributed by atoms with Crippen LogP contribution >= 0.6 is 23.1 Å². The molecule has 0 saturated carbocycles. The number of thiophene rings is 1. The van der Waals surface area contributed by atoms with E-state index < -0.39 is 0 Å². The van der Waals surface area contributed by atoms with Gasteiger partial charge in [0, 0.05) is 46.6 Å². The number of carbonyl (C=O) groups is 2. The van der Waals surface area contributed by atoms with Gasteiger partial charge in [0.2, 0.25) is 0 Å². The van der Waals surface area contributed by atoms with Crippen molar-refractivity contribution in [2.45, 2.75) is 20.3 Å². The highest BCUT2D eigenvalue weighted by Gasteiger charge is 2.20. The maximum absolute atomic E-state index is 12.3. The SMILES string of the molecule is CC.CNC(/C1=C/SC/C=C\C=C/C1)=C(C=O)\C(C=O)=C(/NC)c1csc2ccccc12. The fourth-order valence-electron chi connectivity index (χ4n) is 3.39. The van der Waals surface area contributed by atoms with Crippen molar-refractivity contribution in [3.63, 3.8) is 0 Å². The van der Waals surface area contributed by atoms with Crippen LogP contribution < -0.4 is 10.6 Å². The highest BCUT2D eigenvalue weighted by atomic mass is 32.2. The van der Waals surface area contributed by atoms with Gasteiger partial charge in [0.1, 0.15) is 0 Å². The number of nitrogens with one attached hydrogen (secondary N) is 2. The van der Waals surface area contributed by atoms with E-state index in [1.165, 1.54) is 0 Å². The third kappa shape index (κ3) is 5.90. The summed E-state index contributed by atoms with van der Waals surface area (Å²) >= 11 is 3.27. The lowest BCUT2D eigenvalue weighted by Crippen LogP contribution is -2.17. The van der Waals surface area contributed by atoms with Crippen LogP contribution in [0.1, 0.15) is 25.8 Å². The molecule has 0 aliphatic carbocycles. The quantitative estimate of drug-likeness (QED) is 0.304. The molecule has 0 bridgehead atoms. The zero-order valence-electron chi connectivity index (χ0n) is 19.0. The van der Waals surface area contributed by atoms with E-state index in [2.05, 4.69) is 22.1 Å². The zero-order valence-corrected chi connectivity index (χ0v) is 20.6. The topological polar surface area (TPSA) is 58.2 Å². The Morgan fingerprint density at radius 3 is 2.28 bits per heavy atom. The van der Waals surface area contributed by atoms with Crippen molar-refractivity contribution in [1.29, 1.82) is 0 Å². The van der Waals surface area contributed by atoms with Gasteiger partial charge in [0.15, 0.2) is 12.6 Å². The number of likely N-dealkylation sites (N-methyl/N-ethyl adjacent to an activating group) is 1. The molecule has 2 heterocycles. The third-order valence-corrected chi connectivity index (χ3v) is 6.57. The highest BCUT2D eigenvalue weighted by molar-refractivity contribution is 8.02. The maximum Gasteiger partial charge on any atom is 0.152 e. The fourth-order valence-corrected chi connectivity index (χ4v) is 5.07. The van der Waals surface area contributed by atoms with E-state index in [1.807, 2.05) is 61.7 Å². The number of carbonyl (C=O) groups excluding carboxylic acids is 2. The number of fused-ring (bicyclic) bond motifs is 1. The normalized spacial score (nSPS) is 18.7. The van der Waals surface area contributed by atoms with Crippen LogP contribution in [0.5, 0.6) is 0 Å². The van der Waals surface area contributed by atoms with Gasteiger partial charge in [-0.15, -0.1) is 23.1 Å². The first-order chi connectivity index (χ1) is 15.7. The Bertz CT molecular complexity index is 1090. The Hall–Kier alpha value is -2.83. The lowest BCUT2D eigenvalue weighted by atomic mass is 9.96. The second kappa shape index (κ2) is 13.6. The molecule has 32 heavy (non-hydrogen) atoms. The zero-order chi connectivity index (χ0) is 23.3. The minimum atomic E-state index is 0.341. The molecule has 6 heteroatoms. The van der Waals surface area contributed by atoms with E-state index in [0.717, 1.165) is 39.5 Å². The van der Waals surface area contributed by atoms with Gasteiger partial charge in [0.05, 0.1) is 16.8 Å². The lowest BCUT2D eigenvalue weighted by Gasteiger charge is -2.17. The molecular formula is C26H30N2O2S2. The molecule has 0 radical (unpaired) electrons. The Balaban J connectivity index is 0.00000176. The average molecular weight is 467 g/mol. The summed E-state index contributed by atoms with van der Waals surface area (Å²) in [4.78, 5) is 24.5. The number of thioether (sulfide) groups is 1. The molecule has 0 saturated heterocycles. The molecule has 1 aliphatic heterocycles. The summed E-state index contributed by atoms with van der Waals surface area (Å²) in [5.74, 6) is 0.848. The van der Waals surface area contributed by atoms with Crippen molar-refractivity contribution in [2.24, 2.45) is 0 Å². The molecule has 0 atom stereocenters. The molecule has 2 aromatic rings. The van der Waals surface area contributed by atoms with Gasteiger partial charge in [-0.3, -0.25) is 9.59 Å². The molecule has 1 aliphatic rings. The summed E-state index contributed by atoms with van der Waals surface area (Å²) in [6.07, 6.45) is 10.3. The van der Waals surface area contributed by atoms with Gasteiger partial charge in [-0.1, -0.05) is 56.4 Å². The number of aldehydes is 2. The lowest BCUT2D eigenvalue weighted by molar-refractivity contribution is -0.107. The summed E-state index contributed by atoms with van der Waals surface area (Å²) < 4.78 is 1.13. The summed E-state index contributed by atoms with van der Waals surface area (Å²) in [6, 6.07) is 8.04. The molecule has 2 N–H and O–H groups in total. The first-order valence-electron chi connectivity index (χ1n) is 10.6. The number of hydrogen-bond donors (Lipinski definition) is 2. The smallest absolute Gasteiger partial charge is 0.152 e. The van der Waals surface area contributed by atoms with Crippen LogP contribution in [0.15, 0.2) is 81.8 Å². The monoisotopic (exact) mass is 466 g/mol. The van der Waals surface area contributed by atoms with E-state index in [1.54, 1.807) is 37.2 Å². The van der Waals surface area contributed by atoms with E-state index in [4.69, 9.17) is 0 Å². The average Bonchev–Trinajstić information content (AvgIpc) is 3.31. The summed E-state index contributed by atoms with van der Waals surface area (Å²) in [5.41, 5.74) is 3.88. The van der Waals surface area contributed by atoms with Crippen LogP contribution in [0, 0.1) is 0 Å². The maximum atomic E-state index is 12.3. The van der Waals surface area contributed by atoms with Gasteiger partial charge < -0.3 is 10.6 Å². The summed E-state index contributed by atoms with van der Waals surface area (Å²) in [5, 5.41) is 11.4. The molecule has 4 nitrogen and oxygen atoms in total. The van der Waals surface area contributed by atoms with Crippen LogP contribution in [-0.4, -0.2) is 32.4 Å². The highest BCUT2D eigenvalue weighted by Crippen LogP contribution is 2.33. The predicted octanol–water partition coefficient (Wildman–Crippen LogP) is 5.86. The van der Waals surface area contributed by atoms with E-state index in [0.29, 0.717) is 29.0 Å². The Morgan fingerprint density at radius 2 is 1.59 bits per heavy atom. The second-order valence-corrected chi connectivity index (χ2v) is 8.31. The van der Waals surface area contributed by atoms with Crippen LogP contribution in [0.3, 0.4) is 0 Å². The summed E-state index contributed by atoms with van der Waals surface area (Å²) in [6.45, 7) is 4.00. The number of rotatable bonds is 7. The van der Waals surface area contributed by atoms with E-state index >= 15 is 0 Å². The first kappa shape index (κ1) is 25.4. The predicted molar refractivity (Wildman–Crippen MR) is 141 cm³/mol. The molecule has 3 rings (SSSR count). The standard InChI is InChI=1S/C24H24N2O2S2.C2H6/c1-25-23(17-9-5-3-4-8-12-29-15-17)19(13-27)20(14-28)24(26-2)21-16-30-22-11-7-6-10-18(21)22;1-2/h3-8,10-11,13-16,25-26H,9,12H2,1-2H3;1-2H3/b5-3-,8-4-,17-15+,23-19-,24-20-;. The van der Waals surface area contributed by atoms with Crippen LogP contribution in [0.2, 0.25) is 0 Å². The third-order valence-electron chi connectivity index (χ3n) is 4.78. The molecule has 1 aromatic carbocycles. The molecule has 0 amide bonds. The Kier molecular flexibility index (Phi) is 10.8. The van der Waals surface area contributed by atoms with Crippen LogP contribution in [0.4, 0.5) is 0 Å². The number of hydrogen-bond acceptors (Lipinski definition) is 6. The summed E-state index contributed by atoms with van der Waals surface area (Å²) in [7, 11) is 3.55. The second-order valence-electron chi connectivity index (χ2n) is 6.50. The molecule has 0 spiro atoms. The first-order valence-corrected chi connectivity index (χ1v) is 12.5. The van der Waals surface area contributed by atoms with Crippen molar-refractivity contribution in [3.8, 4) is 0 Å². The Labute approximate surface area is 198 Å². The van der Waals surface area contributed by atoms with Gasteiger partial charge in [-0.2, -0.15) is 0 Å². The van der Waals surface area contributed by atoms with Crippen molar-refractivity contribution in [3.05, 3.63) is 87.3 Å². The van der Waals surface area contributed by atoms with E-state index in [9.17, 15) is 9.59 Å². The minimum absolute atomic E-state index is 0.341. The van der Waals surface area contributed by atoms with Crippen molar-refractivity contribution < 1.29 is 9.59 Å². The van der Waals surface area contributed by atoms with Gasteiger partial charge in [-0.25, -0.2) is 0 Å². The van der Waals surface area contributed by atoms with Crippen LogP contribution in [-0.2, 0) is 9.59 Å². The Morgan fingerprint density at radius 1 is 0.938 bits per heavy atom. The largest absolute Gasteiger partial charge is 0.387 e. The number of allylic oxidation sites excluding steroid dienone is 6. The van der Waals surface area contributed by atoms with Crippen molar-refractivity contribution >= 4 is 51.5 Å².